The van der Waals surface area contributed by atoms with E-state index in [4.69, 9.17) is 0 Å². The molecule has 21 heavy (non-hydrogen) atoms. The minimum absolute atomic E-state index is 0.626. The smallest absolute Gasteiger partial charge is 0.0628 e. The number of aryl methyl sites for hydroxylation is 2. The van der Waals surface area contributed by atoms with Gasteiger partial charge in [0.15, 0.2) is 0 Å². The second-order valence-corrected chi connectivity index (χ2v) is 7.40. The predicted molar refractivity (Wildman–Crippen MR) is 87.4 cm³/mol. The topological polar surface area (TPSA) is 29.9 Å². The minimum atomic E-state index is 0.626. The van der Waals surface area contributed by atoms with Gasteiger partial charge in [-0.3, -0.25) is 4.68 Å². The molecule has 3 heteroatoms. The van der Waals surface area contributed by atoms with E-state index in [1.807, 2.05) is 4.68 Å². The van der Waals surface area contributed by atoms with E-state index >= 15 is 0 Å². The Balaban J connectivity index is 1.67. The number of hydrogen-bond acceptors (Lipinski definition) is 2. The molecule has 118 valence electrons. The minimum Gasteiger partial charge on any atom is -0.314 e. The lowest BCUT2D eigenvalue weighted by Gasteiger charge is -2.27. The van der Waals surface area contributed by atoms with Crippen LogP contribution in [0.4, 0.5) is 0 Å². The Hall–Kier alpha value is -0.830. The largest absolute Gasteiger partial charge is 0.314 e. The molecule has 1 aromatic heterocycles. The van der Waals surface area contributed by atoms with Gasteiger partial charge in [-0.25, -0.2) is 0 Å². The molecule has 2 aliphatic carbocycles. The zero-order valence-corrected chi connectivity index (χ0v) is 14.2. The fraction of sp³-hybridized carbons (Fsp3) is 0.833. The molecule has 2 bridgehead atoms. The van der Waals surface area contributed by atoms with Gasteiger partial charge in [0.2, 0.25) is 0 Å². The number of fused-ring (bicyclic) bond motifs is 2. The standard InChI is InChI=1S/C18H31N3/c1-5-19-17(10-16-9-14-6-7-15(16)8-14)11-18-12(2)20-21(4)13(18)3/h14-17,19H,5-11H2,1-4H3. The van der Waals surface area contributed by atoms with E-state index in [1.54, 1.807) is 0 Å². The van der Waals surface area contributed by atoms with Crippen molar-refractivity contribution in [1.82, 2.24) is 15.1 Å². The van der Waals surface area contributed by atoms with Crippen molar-refractivity contribution in [2.24, 2.45) is 24.8 Å². The first kappa shape index (κ1) is 15.1. The predicted octanol–water partition coefficient (Wildman–Crippen LogP) is 3.38. The van der Waals surface area contributed by atoms with Crippen molar-refractivity contribution in [3.63, 3.8) is 0 Å². The highest BCUT2D eigenvalue weighted by atomic mass is 15.3. The molecule has 0 radical (unpaired) electrons. The lowest BCUT2D eigenvalue weighted by atomic mass is 9.83. The first-order valence-electron chi connectivity index (χ1n) is 8.80. The maximum absolute atomic E-state index is 4.58. The van der Waals surface area contributed by atoms with E-state index in [0.29, 0.717) is 6.04 Å². The number of rotatable bonds is 6. The summed E-state index contributed by atoms with van der Waals surface area (Å²) in [4.78, 5) is 0. The normalized spacial score (nSPS) is 29.2. The SMILES string of the molecule is CCNC(Cc1c(C)nn(C)c1C)CC1CC2CCC1C2. The third-order valence-electron chi connectivity index (χ3n) is 6.07. The monoisotopic (exact) mass is 289 g/mol. The van der Waals surface area contributed by atoms with Crippen LogP contribution in [0.2, 0.25) is 0 Å². The molecule has 0 aromatic carbocycles. The van der Waals surface area contributed by atoms with Crippen LogP contribution in [0.25, 0.3) is 0 Å². The van der Waals surface area contributed by atoms with Crippen molar-refractivity contribution < 1.29 is 0 Å². The Bertz CT molecular complexity index is 491. The average molecular weight is 289 g/mol. The molecule has 4 unspecified atom stereocenters. The third-order valence-corrected chi connectivity index (χ3v) is 6.07. The first-order valence-corrected chi connectivity index (χ1v) is 8.80. The summed E-state index contributed by atoms with van der Waals surface area (Å²) in [7, 11) is 2.06. The Morgan fingerprint density at radius 2 is 2.10 bits per heavy atom. The molecule has 0 saturated heterocycles. The van der Waals surface area contributed by atoms with E-state index < -0.39 is 0 Å². The highest BCUT2D eigenvalue weighted by molar-refractivity contribution is 5.25. The van der Waals surface area contributed by atoms with Crippen LogP contribution >= 0.6 is 0 Å². The second-order valence-electron chi connectivity index (χ2n) is 7.40. The van der Waals surface area contributed by atoms with Gasteiger partial charge in [-0.05, 0) is 75.8 Å². The lowest BCUT2D eigenvalue weighted by molar-refractivity contribution is 0.278. The molecule has 2 aliphatic rings. The van der Waals surface area contributed by atoms with E-state index in [1.165, 1.54) is 49.1 Å². The molecule has 4 atom stereocenters. The number of nitrogens with one attached hydrogen (secondary N) is 1. The quantitative estimate of drug-likeness (QED) is 0.870. The first-order chi connectivity index (χ1) is 10.1. The van der Waals surface area contributed by atoms with Crippen molar-refractivity contribution in [3.8, 4) is 0 Å². The van der Waals surface area contributed by atoms with Crippen LogP contribution in [-0.2, 0) is 13.5 Å². The maximum Gasteiger partial charge on any atom is 0.0628 e. The Morgan fingerprint density at radius 3 is 2.62 bits per heavy atom. The molecule has 1 aromatic rings. The van der Waals surface area contributed by atoms with Crippen LogP contribution in [0, 0.1) is 31.6 Å². The Kier molecular flexibility index (Phi) is 4.39. The third kappa shape index (κ3) is 3.03. The molecule has 0 spiro atoms. The summed E-state index contributed by atoms with van der Waals surface area (Å²) >= 11 is 0. The summed E-state index contributed by atoms with van der Waals surface area (Å²) in [5, 5.41) is 8.33. The highest BCUT2D eigenvalue weighted by Gasteiger charge is 2.40. The summed E-state index contributed by atoms with van der Waals surface area (Å²) in [6, 6.07) is 0.626. The number of nitrogens with zero attached hydrogens (tertiary/aromatic N) is 2. The zero-order valence-electron chi connectivity index (χ0n) is 14.2. The van der Waals surface area contributed by atoms with Crippen molar-refractivity contribution in [3.05, 3.63) is 17.0 Å². The lowest BCUT2D eigenvalue weighted by Crippen LogP contribution is -2.34. The van der Waals surface area contributed by atoms with Crippen LogP contribution in [-0.4, -0.2) is 22.4 Å². The second kappa shape index (κ2) is 6.12. The van der Waals surface area contributed by atoms with E-state index in [-0.39, 0.29) is 0 Å². The van der Waals surface area contributed by atoms with Crippen molar-refractivity contribution in [2.75, 3.05) is 6.54 Å². The van der Waals surface area contributed by atoms with Crippen LogP contribution in [0.1, 0.15) is 56.0 Å². The average Bonchev–Trinajstić information content (AvgIpc) is 3.11. The van der Waals surface area contributed by atoms with Gasteiger partial charge < -0.3 is 5.32 Å². The molecule has 2 saturated carbocycles. The van der Waals surface area contributed by atoms with Gasteiger partial charge in [-0.15, -0.1) is 0 Å². The van der Waals surface area contributed by atoms with Crippen molar-refractivity contribution >= 4 is 0 Å². The summed E-state index contributed by atoms with van der Waals surface area (Å²) in [6.07, 6.45) is 8.54. The number of hydrogen-bond donors (Lipinski definition) is 1. The van der Waals surface area contributed by atoms with E-state index in [0.717, 1.165) is 30.7 Å². The summed E-state index contributed by atoms with van der Waals surface area (Å²) in [5.74, 6) is 3.07. The fourth-order valence-electron chi connectivity index (χ4n) is 4.92. The van der Waals surface area contributed by atoms with Gasteiger partial charge >= 0.3 is 0 Å². The van der Waals surface area contributed by atoms with Crippen molar-refractivity contribution in [1.29, 1.82) is 0 Å². The highest BCUT2D eigenvalue weighted by Crippen LogP contribution is 2.50. The van der Waals surface area contributed by atoms with E-state index in [9.17, 15) is 0 Å². The zero-order chi connectivity index (χ0) is 15.0. The number of aromatic nitrogens is 2. The Labute approximate surface area is 129 Å². The van der Waals surface area contributed by atoms with Gasteiger partial charge in [0.25, 0.3) is 0 Å². The van der Waals surface area contributed by atoms with E-state index in [2.05, 4.69) is 38.2 Å². The summed E-state index contributed by atoms with van der Waals surface area (Å²) in [6.45, 7) is 7.67. The molecule has 2 fully saturated rings. The maximum atomic E-state index is 4.58. The van der Waals surface area contributed by atoms with Crippen LogP contribution in [0.5, 0.6) is 0 Å². The number of likely N-dealkylation sites (N-methyl/N-ethyl adjacent to an activating group) is 1. The van der Waals surface area contributed by atoms with Gasteiger partial charge in [0, 0.05) is 18.8 Å². The fourth-order valence-corrected chi connectivity index (χ4v) is 4.92. The molecule has 3 rings (SSSR count). The van der Waals surface area contributed by atoms with Crippen LogP contribution in [0.15, 0.2) is 0 Å². The molecular formula is C18H31N3. The molecule has 0 amide bonds. The van der Waals surface area contributed by atoms with Gasteiger partial charge in [0.1, 0.15) is 0 Å². The van der Waals surface area contributed by atoms with Crippen LogP contribution in [0.3, 0.4) is 0 Å². The molecule has 3 nitrogen and oxygen atoms in total. The summed E-state index contributed by atoms with van der Waals surface area (Å²) < 4.78 is 2.03. The molecule has 1 N–H and O–H groups in total. The molecular weight excluding hydrogens is 258 g/mol. The summed E-state index contributed by atoms with van der Waals surface area (Å²) in [5.41, 5.74) is 4.01. The molecule has 1 heterocycles. The van der Waals surface area contributed by atoms with Gasteiger partial charge in [-0.2, -0.15) is 5.10 Å². The molecule has 0 aliphatic heterocycles. The van der Waals surface area contributed by atoms with Crippen LogP contribution < -0.4 is 5.32 Å². The van der Waals surface area contributed by atoms with Gasteiger partial charge in [-0.1, -0.05) is 13.3 Å². The van der Waals surface area contributed by atoms with Crippen molar-refractivity contribution in [2.45, 2.75) is 65.3 Å². The Morgan fingerprint density at radius 1 is 1.29 bits per heavy atom. The van der Waals surface area contributed by atoms with Gasteiger partial charge in [0.05, 0.1) is 5.69 Å².